The first-order chi connectivity index (χ1) is 9.81. The third-order valence-electron chi connectivity index (χ3n) is 3.84. The van der Waals surface area contributed by atoms with Crippen molar-refractivity contribution in [1.29, 1.82) is 0 Å². The number of rotatable bonds is 5. The number of furan rings is 1. The first kappa shape index (κ1) is 13.9. The zero-order chi connectivity index (χ0) is 13.9. The Bertz CT molecular complexity index is 549. The second-order valence-corrected chi connectivity index (χ2v) is 6.43. The van der Waals surface area contributed by atoms with Crippen molar-refractivity contribution in [3.05, 3.63) is 45.0 Å². The Morgan fingerprint density at radius 1 is 1.35 bits per heavy atom. The van der Waals surface area contributed by atoms with Crippen LogP contribution in [-0.4, -0.2) is 14.2 Å². The van der Waals surface area contributed by atoms with E-state index in [1.165, 1.54) is 30.6 Å². The molecule has 1 N–H and O–H groups in total. The van der Waals surface area contributed by atoms with Gasteiger partial charge in [0, 0.05) is 16.9 Å². The minimum Gasteiger partial charge on any atom is -0.462 e. The Kier molecular flexibility index (Phi) is 4.24. The van der Waals surface area contributed by atoms with Gasteiger partial charge in [0.15, 0.2) is 0 Å². The van der Waals surface area contributed by atoms with E-state index in [0.717, 1.165) is 11.5 Å². The molecule has 1 unspecified atom stereocenters. The maximum absolute atomic E-state index is 5.88. The molecule has 1 aliphatic carbocycles. The number of aryl methyl sites for hydroxylation is 2. The number of methoxy groups -OCH3 is 1. The molecule has 0 fully saturated rings. The van der Waals surface area contributed by atoms with Crippen LogP contribution in [-0.2, 0) is 24.2 Å². The van der Waals surface area contributed by atoms with Gasteiger partial charge >= 0.3 is 0 Å². The van der Waals surface area contributed by atoms with Crippen molar-refractivity contribution >= 4 is 11.3 Å². The smallest absolute Gasteiger partial charge is 0.129 e. The lowest BCUT2D eigenvalue weighted by Crippen LogP contribution is -2.15. The summed E-state index contributed by atoms with van der Waals surface area (Å²) >= 11 is 1.93. The lowest BCUT2D eigenvalue weighted by atomic mass is 9.98. The molecule has 3 nitrogen and oxygen atoms in total. The summed E-state index contributed by atoms with van der Waals surface area (Å²) in [6, 6.07) is 6.56. The number of hydrogen-bond acceptors (Lipinski definition) is 4. The molecule has 0 aliphatic heterocycles. The zero-order valence-corrected chi connectivity index (χ0v) is 12.9. The Morgan fingerprint density at radius 2 is 2.20 bits per heavy atom. The number of hydrogen-bond donors (Lipinski definition) is 1. The summed E-state index contributed by atoms with van der Waals surface area (Å²) in [5.41, 5.74) is 1.54. The standard InChI is InChI=1S/C16H21NO2S/c1-17-16(13-8-7-12(19-13)10-18-2)15-9-11-5-3-4-6-14(11)20-15/h7-9,16-17H,3-6,10H2,1-2H3. The molecule has 3 rings (SSSR count). The van der Waals surface area contributed by atoms with E-state index in [0.29, 0.717) is 6.61 Å². The van der Waals surface area contributed by atoms with E-state index in [4.69, 9.17) is 9.15 Å². The first-order valence-electron chi connectivity index (χ1n) is 7.18. The van der Waals surface area contributed by atoms with Crippen molar-refractivity contribution in [3.8, 4) is 0 Å². The summed E-state index contributed by atoms with van der Waals surface area (Å²) in [6.45, 7) is 0.525. The fourth-order valence-corrected chi connectivity index (χ4v) is 4.23. The summed E-state index contributed by atoms with van der Waals surface area (Å²) < 4.78 is 11.0. The molecule has 1 aliphatic rings. The Labute approximate surface area is 124 Å². The molecule has 0 saturated carbocycles. The molecule has 2 aromatic heterocycles. The fourth-order valence-electron chi connectivity index (χ4n) is 2.85. The number of nitrogens with one attached hydrogen (secondary N) is 1. The highest BCUT2D eigenvalue weighted by Crippen LogP contribution is 2.35. The van der Waals surface area contributed by atoms with Crippen LogP contribution in [0, 0.1) is 0 Å². The molecule has 0 amide bonds. The number of thiophene rings is 1. The van der Waals surface area contributed by atoms with Crippen molar-refractivity contribution in [2.75, 3.05) is 14.2 Å². The maximum atomic E-state index is 5.88. The van der Waals surface area contributed by atoms with Crippen LogP contribution < -0.4 is 5.32 Å². The van der Waals surface area contributed by atoms with Gasteiger partial charge in [0.25, 0.3) is 0 Å². The summed E-state index contributed by atoms with van der Waals surface area (Å²) in [5.74, 6) is 1.85. The van der Waals surface area contributed by atoms with Crippen molar-refractivity contribution in [2.45, 2.75) is 38.3 Å². The summed E-state index contributed by atoms with van der Waals surface area (Å²) in [6.07, 6.45) is 5.13. The minimum atomic E-state index is 0.149. The summed E-state index contributed by atoms with van der Waals surface area (Å²) in [4.78, 5) is 2.92. The normalized spacial score (nSPS) is 16.1. The van der Waals surface area contributed by atoms with Crippen molar-refractivity contribution in [2.24, 2.45) is 0 Å². The summed E-state index contributed by atoms with van der Waals surface area (Å²) in [5, 5.41) is 3.38. The maximum Gasteiger partial charge on any atom is 0.129 e. The topological polar surface area (TPSA) is 34.4 Å². The molecular weight excluding hydrogens is 270 g/mol. The summed E-state index contributed by atoms with van der Waals surface area (Å²) in [7, 11) is 3.67. The van der Waals surface area contributed by atoms with E-state index in [-0.39, 0.29) is 6.04 Å². The number of fused-ring (bicyclic) bond motifs is 1. The van der Waals surface area contributed by atoms with Crippen LogP contribution >= 0.6 is 11.3 Å². The second-order valence-electron chi connectivity index (χ2n) is 5.26. The average Bonchev–Trinajstić information content (AvgIpc) is 3.07. The Balaban J connectivity index is 1.86. The average molecular weight is 291 g/mol. The molecule has 2 heterocycles. The molecule has 0 saturated heterocycles. The number of ether oxygens (including phenoxy) is 1. The van der Waals surface area contributed by atoms with Gasteiger partial charge in [-0.3, -0.25) is 0 Å². The largest absolute Gasteiger partial charge is 0.462 e. The molecule has 4 heteroatoms. The minimum absolute atomic E-state index is 0.149. The second kappa shape index (κ2) is 6.12. The van der Waals surface area contributed by atoms with Gasteiger partial charge in [0.1, 0.15) is 24.2 Å². The highest BCUT2D eigenvalue weighted by molar-refractivity contribution is 7.12. The van der Waals surface area contributed by atoms with E-state index < -0.39 is 0 Å². The van der Waals surface area contributed by atoms with Gasteiger partial charge in [-0.05, 0) is 56.5 Å². The van der Waals surface area contributed by atoms with Crippen LogP contribution in [0.2, 0.25) is 0 Å². The molecule has 1 atom stereocenters. The highest BCUT2D eigenvalue weighted by Gasteiger charge is 2.21. The predicted octanol–water partition coefficient (Wildman–Crippen LogP) is 3.68. The van der Waals surface area contributed by atoms with Gasteiger partial charge < -0.3 is 14.5 Å². The van der Waals surface area contributed by atoms with E-state index in [1.807, 2.05) is 30.5 Å². The van der Waals surface area contributed by atoms with Crippen LogP contribution in [0.4, 0.5) is 0 Å². The SMILES string of the molecule is CNC(c1ccc(COC)o1)c1cc2c(s1)CCCC2. The fraction of sp³-hybridized carbons (Fsp3) is 0.500. The third kappa shape index (κ3) is 2.68. The van der Waals surface area contributed by atoms with Crippen molar-refractivity contribution < 1.29 is 9.15 Å². The van der Waals surface area contributed by atoms with Gasteiger partial charge in [-0.2, -0.15) is 0 Å². The quantitative estimate of drug-likeness (QED) is 0.912. The van der Waals surface area contributed by atoms with Crippen molar-refractivity contribution in [1.82, 2.24) is 5.32 Å². The van der Waals surface area contributed by atoms with Gasteiger partial charge in [0.2, 0.25) is 0 Å². The van der Waals surface area contributed by atoms with Crippen molar-refractivity contribution in [3.63, 3.8) is 0 Å². The van der Waals surface area contributed by atoms with Gasteiger partial charge in [-0.1, -0.05) is 0 Å². The zero-order valence-electron chi connectivity index (χ0n) is 12.1. The molecule has 2 aromatic rings. The molecule has 0 aromatic carbocycles. The molecule has 0 bridgehead atoms. The van der Waals surface area contributed by atoms with E-state index in [9.17, 15) is 0 Å². The monoisotopic (exact) mass is 291 g/mol. The Morgan fingerprint density at radius 3 is 2.95 bits per heavy atom. The van der Waals surface area contributed by atoms with Crippen LogP contribution in [0.3, 0.4) is 0 Å². The van der Waals surface area contributed by atoms with Crippen LogP contribution in [0.1, 0.15) is 45.7 Å². The van der Waals surface area contributed by atoms with Crippen LogP contribution in [0.25, 0.3) is 0 Å². The molecular formula is C16H21NO2S. The molecule has 0 radical (unpaired) electrons. The lowest BCUT2D eigenvalue weighted by Gasteiger charge is -2.11. The lowest BCUT2D eigenvalue weighted by molar-refractivity contribution is 0.162. The van der Waals surface area contributed by atoms with E-state index in [2.05, 4.69) is 11.4 Å². The van der Waals surface area contributed by atoms with Gasteiger partial charge in [-0.15, -0.1) is 11.3 Å². The van der Waals surface area contributed by atoms with E-state index in [1.54, 1.807) is 17.6 Å². The highest BCUT2D eigenvalue weighted by atomic mass is 32.1. The van der Waals surface area contributed by atoms with Crippen LogP contribution in [0.15, 0.2) is 22.6 Å². The van der Waals surface area contributed by atoms with Crippen LogP contribution in [0.5, 0.6) is 0 Å². The third-order valence-corrected chi connectivity index (χ3v) is 5.14. The predicted molar refractivity (Wildman–Crippen MR) is 81.3 cm³/mol. The molecule has 20 heavy (non-hydrogen) atoms. The Hall–Kier alpha value is -1.10. The molecule has 108 valence electrons. The van der Waals surface area contributed by atoms with E-state index >= 15 is 0 Å². The first-order valence-corrected chi connectivity index (χ1v) is 7.99. The molecule has 0 spiro atoms. The van der Waals surface area contributed by atoms with Gasteiger partial charge in [-0.25, -0.2) is 0 Å². The van der Waals surface area contributed by atoms with Gasteiger partial charge in [0.05, 0.1) is 0 Å².